The van der Waals surface area contributed by atoms with Crippen molar-refractivity contribution in [1.29, 1.82) is 0 Å². The molecule has 9 heteroatoms. The number of hydrogen-bond acceptors (Lipinski definition) is 5. The van der Waals surface area contributed by atoms with Crippen LogP contribution in [0.1, 0.15) is 37.0 Å². The highest BCUT2D eigenvalue weighted by molar-refractivity contribution is 6.01. The van der Waals surface area contributed by atoms with Gasteiger partial charge in [0.1, 0.15) is 11.9 Å². The number of hydrogen-bond donors (Lipinski definition) is 1. The van der Waals surface area contributed by atoms with Crippen LogP contribution in [0.5, 0.6) is 0 Å². The van der Waals surface area contributed by atoms with Crippen LogP contribution in [0.4, 0.5) is 17.6 Å². The van der Waals surface area contributed by atoms with Crippen LogP contribution in [-0.4, -0.2) is 53.7 Å². The van der Waals surface area contributed by atoms with Gasteiger partial charge in [-0.25, -0.2) is 4.39 Å². The fourth-order valence-corrected chi connectivity index (χ4v) is 3.59. The Balaban J connectivity index is 1.68. The van der Waals surface area contributed by atoms with E-state index in [9.17, 15) is 22.7 Å². The van der Waals surface area contributed by atoms with Crippen molar-refractivity contribution in [3.8, 4) is 0 Å². The first kappa shape index (κ1) is 25.1. The molecule has 0 unspecified atom stereocenters. The smallest absolute Gasteiger partial charge is 0.390 e. The third kappa shape index (κ3) is 7.80. The minimum Gasteiger partial charge on any atom is -0.390 e. The molecule has 5 nitrogen and oxygen atoms in total. The molecule has 0 bridgehead atoms. The van der Waals surface area contributed by atoms with Crippen LogP contribution in [0.25, 0.3) is 0 Å². The fourth-order valence-electron chi connectivity index (χ4n) is 3.59. The highest BCUT2D eigenvalue weighted by Crippen LogP contribution is 2.30. The molecule has 0 saturated heterocycles. The van der Waals surface area contributed by atoms with E-state index in [0.29, 0.717) is 24.2 Å². The Hall–Kier alpha value is -2.49. The van der Waals surface area contributed by atoms with Crippen molar-refractivity contribution in [1.82, 2.24) is 4.90 Å². The monoisotopic (exact) mass is 468 g/mol. The lowest BCUT2D eigenvalue weighted by atomic mass is 10.0. The number of alkyl halides is 3. The number of benzene rings is 2. The Labute approximate surface area is 190 Å². The average molecular weight is 468 g/mol. The van der Waals surface area contributed by atoms with E-state index in [-0.39, 0.29) is 37.7 Å². The molecule has 0 aliphatic carbocycles. The molecule has 1 heterocycles. The number of rotatable bonds is 10. The Morgan fingerprint density at radius 2 is 1.91 bits per heavy atom. The summed E-state index contributed by atoms with van der Waals surface area (Å²) in [5, 5.41) is 14.5. The first-order valence-corrected chi connectivity index (χ1v) is 10.8. The van der Waals surface area contributed by atoms with Crippen molar-refractivity contribution in [2.24, 2.45) is 5.16 Å². The van der Waals surface area contributed by atoms with Gasteiger partial charge in [-0.15, -0.1) is 0 Å². The van der Waals surface area contributed by atoms with Gasteiger partial charge in [0.25, 0.3) is 0 Å². The number of nitrogens with zero attached hydrogens (tertiary/aromatic N) is 2. The molecular formula is C24H28F4N2O3. The summed E-state index contributed by atoms with van der Waals surface area (Å²) < 4.78 is 58.0. The number of halogens is 4. The standard InChI is InChI=1S/C24H28F4N2O3/c1-16(2)32-15-21(31)13-30(12-17-4-3-5-19(10-17)24(26,27)28)14-22-11-23(29-33-22)18-6-8-20(25)9-7-18/h3-10,16,21-22,31H,11-15H2,1-2H3/t21-,22+/m1/s1. The van der Waals surface area contributed by atoms with Gasteiger partial charge in [-0.1, -0.05) is 35.5 Å². The van der Waals surface area contributed by atoms with Gasteiger partial charge in [-0.3, -0.25) is 4.90 Å². The maximum atomic E-state index is 13.2. The predicted octanol–water partition coefficient (Wildman–Crippen LogP) is 4.63. The van der Waals surface area contributed by atoms with Gasteiger partial charge in [0.05, 0.1) is 30.1 Å². The van der Waals surface area contributed by atoms with E-state index in [0.717, 1.165) is 17.7 Å². The summed E-state index contributed by atoms with van der Waals surface area (Å²) in [7, 11) is 0. The molecule has 1 aliphatic heterocycles. The number of ether oxygens (including phenoxy) is 1. The van der Waals surface area contributed by atoms with Crippen molar-refractivity contribution in [2.75, 3.05) is 19.7 Å². The lowest BCUT2D eigenvalue weighted by molar-refractivity contribution is -0.137. The molecule has 180 valence electrons. The summed E-state index contributed by atoms with van der Waals surface area (Å²) in [6.07, 6.45) is -5.20. The molecule has 0 spiro atoms. The second-order valence-corrected chi connectivity index (χ2v) is 8.40. The van der Waals surface area contributed by atoms with Gasteiger partial charge < -0.3 is 14.7 Å². The highest BCUT2D eigenvalue weighted by Gasteiger charge is 2.31. The quantitative estimate of drug-likeness (QED) is 0.517. The van der Waals surface area contributed by atoms with E-state index in [1.54, 1.807) is 18.2 Å². The van der Waals surface area contributed by atoms with Crippen LogP contribution in [0, 0.1) is 5.82 Å². The summed E-state index contributed by atoms with van der Waals surface area (Å²) >= 11 is 0. The first-order valence-electron chi connectivity index (χ1n) is 10.8. The number of aliphatic hydroxyl groups is 1. The maximum absolute atomic E-state index is 13.2. The Kier molecular flexibility index (Phi) is 8.45. The zero-order valence-corrected chi connectivity index (χ0v) is 18.6. The van der Waals surface area contributed by atoms with Crippen LogP contribution in [-0.2, 0) is 22.3 Å². The van der Waals surface area contributed by atoms with Gasteiger partial charge in [-0.05, 0) is 43.2 Å². The molecule has 3 rings (SSSR count). The van der Waals surface area contributed by atoms with Crippen molar-refractivity contribution in [2.45, 2.75) is 51.3 Å². The largest absolute Gasteiger partial charge is 0.416 e. The average Bonchev–Trinajstić information content (AvgIpc) is 3.21. The second-order valence-electron chi connectivity index (χ2n) is 8.40. The molecule has 33 heavy (non-hydrogen) atoms. The lowest BCUT2D eigenvalue weighted by Crippen LogP contribution is -2.39. The maximum Gasteiger partial charge on any atom is 0.416 e. The normalized spacial score (nSPS) is 17.4. The van der Waals surface area contributed by atoms with Gasteiger partial charge in [0.2, 0.25) is 0 Å². The third-order valence-corrected chi connectivity index (χ3v) is 5.12. The molecule has 2 aromatic rings. The molecule has 0 fully saturated rings. The minimum atomic E-state index is -4.43. The predicted molar refractivity (Wildman–Crippen MR) is 116 cm³/mol. The molecule has 0 radical (unpaired) electrons. The Bertz CT molecular complexity index is 932. The first-order chi connectivity index (χ1) is 15.6. The van der Waals surface area contributed by atoms with Crippen molar-refractivity contribution >= 4 is 5.71 Å². The van der Waals surface area contributed by atoms with Crippen molar-refractivity contribution < 1.29 is 32.2 Å². The van der Waals surface area contributed by atoms with E-state index in [4.69, 9.17) is 9.57 Å². The van der Waals surface area contributed by atoms with E-state index in [2.05, 4.69) is 5.16 Å². The van der Waals surface area contributed by atoms with Gasteiger partial charge >= 0.3 is 6.18 Å². The minimum absolute atomic E-state index is 0.0543. The van der Waals surface area contributed by atoms with Crippen molar-refractivity contribution in [3.63, 3.8) is 0 Å². The number of oxime groups is 1. The summed E-state index contributed by atoms with van der Waals surface area (Å²) in [5.41, 5.74) is 1.17. The van der Waals surface area contributed by atoms with E-state index in [1.807, 2.05) is 18.7 Å². The SMILES string of the molecule is CC(C)OC[C@H](O)CN(Cc1cccc(C(F)(F)F)c1)C[C@@H]1CC(c2ccc(F)cc2)=NO1. The second kappa shape index (κ2) is 11.1. The van der Waals surface area contributed by atoms with Gasteiger partial charge in [-0.2, -0.15) is 13.2 Å². The molecule has 2 atom stereocenters. The lowest BCUT2D eigenvalue weighted by Gasteiger charge is -2.27. The third-order valence-electron chi connectivity index (χ3n) is 5.12. The van der Waals surface area contributed by atoms with Crippen LogP contribution < -0.4 is 0 Å². The topological polar surface area (TPSA) is 54.3 Å². The molecule has 1 N–H and O–H groups in total. The molecular weight excluding hydrogens is 440 g/mol. The summed E-state index contributed by atoms with van der Waals surface area (Å²) in [6, 6.07) is 11.1. The van der Waals surface area contributed by atoms with E-state index >= 15 is 0 Å². The van der Waals surface area contributed by atoms with E-state index in [1.165, 1.54) is 18.2 Å². The zero-order valence-electron chi connectivity index (χ0n) is 18.6. The molecule has 0 aromatic heterocycles. The Morgan fingerprint density at radius 1 is 1.18 bits per heavy atom. The van der Waals surface area contributed by atoms with E-state index < -0.39 is 17.8 Å². The molecule has 1 aliphatic rings. The zero-order chi connectivity index (χ0) is 24.0. The summed E-state index contributed by atoms with van der Waals surface area (Å²) in [6.45, 7) is 4.54. The van der Waals surface area contributed by atoms with Crippen molar-refractivity contribution in [3.05, 3.63) is 71.0 Å². The highest BCUT2D eigenvalue weighted by atomic mass is 19.4. The van der Waals surface area contributed by atoms with Crippen LogP contribution >= 0.6 is 0 Å². The van der Waals surface area contributed by atoms with Crippen LogP contribution in [0.15, 0.2) is 53.7 Å². The summed E-state index contributed by atoms with van der Waals surface area (Å²) in [5.74, 6) is -0.348. The fraction of sp³-hybridized carbons (Fsp3) is 0.458. The molecule has 0 amide bonds. The van der Waals surface area contributed by atoms with Crippen LogP contribution in [0.2, 0.25) is 0 Å². The van der Waals surface area contributed by atoms with Gasteiger partial charge in [0.15, 0.2) is 0 Å². The Morgan fingerprint density at radius 3 is 2.58 bits per heavy atom. The van der Waals surface area contributed by atoms with Crippen LogP contribution in [0.3, 0.4) is 0 Å². The summed E-state index contributed by atoms with van der Waals surface area (Å²) in [4.78, 5) is 7.37. The van der Waals surface area contributed by atoms with Gasteiger partial charge in [0, 0.05) is 26.1 Å². The molecule has 0 saturated carbocycles. The molecule has 2 aromatic carbocycles. The number of aliphatic hydroxyl groups excluding tert-OH is 1.